The lowest BCUT2D eigenvalue weighted by Crippen LogP contribution is -2.22. The van der Waals surface area contributed by atoms with Crippen LogP contribution >= 0.6 is 11.3 Å². The van der Waals surface area contributed by atoms with E-state index in [0.717, 1.165) is 16.6 Å². The maximum atomic E-state index is 10.7. The minimum absolute atomic E-state index is 0.0894. The summed E-state index contributed by atoms with van der Waals surface area (Å²) in [5, 5.41) is 14.9. The number of nitrogens with zero attached hydrogens (tertiary/aromatic N) is 2. The van der Waals surface area contributed by atoms with Crippen molar-refractivity contribution in [1.29, 1.82) is 0 Å². The molecule has 2 aromatic rings. The summed E-state index contributed by atoms with van der Waals surface area (Å²) in [6.07, 6.45) is 2.32. The standard InChI is InChI=1S/C11H13N3O2S/c1-2-7(5-9(15)16)14-10-8-3-4-17-11(8)13-6-12-10/h3-4,6-7H,2,5H2,1H3,(H,15,16)(H,12,13,14). The Balaban J connectivity index is 2.21. The van der Waals surface area contributed by atoms with E-state index in [1.165, 1.54) is 6.33 Å². The molecule has 0 aliphatic carbocycles. The summed E-state index contributed by atoms with van der Waals surface area (Å²) in [5.41, 5.74) is 0. The summed E-state index contributed by atoms with van der Waals surface area (Å²) in [6, 6.07) is 1.83. The molecule has 0 fully saturated rings. The molecule has 2 rings (SSSR count). The summed E-state index contributed by atoms with van der Waals surface area (Å²) in [5.74, 6) is -0.0932. The van der Waals surface area contributed by atoms with E-state index in [2.05, 4.69) is 15.3 Å². The predicted octanol–water partition coefficient (Wildman–Crippen LogP) is 2.36. The van der Waals surface area contributed by atoms with Gasteiger partial charge in [-0.2, -0.15) is 0 Å². The quantitative estimate of drug-likeness (QED) is 0.853. The van der Waals surface area contributed by atoms with Gasteiger partial charge < -0.3 is 10.4 Å². The van der Waals surface area contributed by atoms with E-state index in [9.17, 15) is 4.79 Å². The van der Waals surface area contributed by atoms with Gasteiger partial charge in [-0.1, -0.05) is 6.92 Å². The largest absolute Gasteiger partial charge is 0.481 e. The molecule has 2 N–H and O–H groups in total. The Morgan fingerprint density at radius 1 is 1.59 bits per heavy atom. The van der Waals surface area contributed by atoms with E-state index in [4.69, 9.17) is 5.11 Å². The Kier molecular flexibility index (Phi) is 3.53. The fourth-order valence-electron chi connectivity index (χ4n) is 1.61. The van der Waals surface area contributed by atoms with Crippen molar-refractivity contribution in [3.63, 3.8) is 0 Å². The van der Waals surface area contributed by atoms with Crippen LogP contribution < -0.4 is 5.32 Å². The van der Waals surface area contributed by atoms with E-state index < -0.39 is 5.97 Å². The topological polar surface area (TPSA) is 75.1 Å². The van der Waals surface area contributed by atoms with Gasteiger partial charge in [0, 0.05) is 6.04 Å². The van der Waals surface area contributed by atoms with Crippen molar-refractivity contribution in [1.82, 2.24) is 9.97 Å². The summed E-state index contributed by atoms with van der Waals surface area (Å²) < 4.78 is 0. The van der Waals surface area contributed by atoms with Crippen molar-refractivity contribution >= 4 is 33.3 Å². The lowest BCUT2D eigenvalue weighted by Gasteiger charge is -2.15. The smallest absolute Gasteiger partial charge is 0.305 e. The van der Waals surface area contributed by atoms with E-state index in [0.29, 0.717) is 5.82 Å². The van der Waals surface area contributed by atoms with Crippen LogP contribution in [0.4, 0.5) is 5.82 Å². The summed E-state index contributed by atoms with van der Waals surface area (Å²) in [6.45, 7) is 1.95. The number of fused-ring (bicyclic) bond motifs is 1. The Hall–Kier alpha value is -1.69. The number of aromatic nitrogens is 2. The molecule has 0 amide bonds. The van der Waals surface area contributed by atoms with Crippen LogP contribution in [0.15, 0.2) is 17.8 Å². The average Bonchev–Trinajstić information content (AvgIpc) is 2.76. The molecule has 6 heteroatoms. The van der Waals surface area contributed by atoms with Crippen molar-refractivity contribution in [2.24, 2.45) is 0 Å². The minimum Gasteiger partial charge on any atom is -0.481 e. The number of nitrogens with one attached hydrogen (secondary N) is 1. The van der Waals surface area contributed by atoms with Crippen LogP contribution in [0.1, 0.15) is 19.8 Å². The van der Waals surface area contributed by atoms with Crippen molar-refractivity contribution in [3.8, 4) is 0 Å². The average molecular weight is 251 g/mol. The van der Waals surface area contributed by atoms with Gasteiger partial charge in [0.05, 0.1) is 11.8 Å². The molecule has 90 valence electrons. The number of carboxylic acid groups (broad SMARTS) is 1. The fraction of sp³-hybridized carbons (Fsp3) is 0.364. The number of hydrogen-bond donors (Lipinski definition) is 2. The lowest BCUT2D eigenvalue weighted by atomic mass is 10.1. The van der Waals surface area contributed by atoms with Gasteiger partial charge in [0.15, 0.2) is 0 Å². The molecule has 0 aromatic carbocycles. The van der Waals surface area contributed by atoms with Crippen molar-refractivity contribution in [2.75, 3.05) is 5.32 Å². The van der Waals surface area contributed by atoms with Crippen molar-refractivity contribution in [3.05, 3.63) is 17.8 Å². The Bertz CT molecular complexity index is 526. The Labute approximate surface area is 103 Å². The van der Waals surface area contributed by atoms with Crippen LogP contribution in [0, 0.1) is 0 Å². The first kappa shape index (κ1) is 11.8. The molecule has 0 aliphatic heterocycles. The number of carbonyl (C=O) groups is 1. The van der Waals surface area contributed by atoms with E-state index in [1.807, 2.05) is 18.4 Å². The summed E-state index contributed by atoms with van der Waals surface area (Å²) >= 11 is 1.54. The number of aliphatic carboxylic acids is 1. The van der Waals surface area contributed by atoms with Crippen LogP contribution in [0.3, 0.4) is 0 Å². The highest BCUT2D eigenvalue weighted by atomic mass is 32.1. The maximum absolute atomic E-state index is 10.7. The number of rotatable bonds is 5. The number of anilines is 1. The SMILES string of the molecule is CCC(CC(=O)O)Nc1ncnc2sccc12. The first-order valence-corrected chi connectivity index (χ1v) is 6.25. The lowest BCUT2D eigenvalue weighted by molar-refractivity contribution is -0.137. The normalized spacial score (nSPS) is 12.5. The van der Waals surface area contributed by atoms with Crippen LogP contribution in [0.25, 0.3) is 10.2 Å². The molecular weight excluding hydrogens is 238 g/mol. The number of hydrogen-bond acceptors (Lipinski definition) is 5. The second kappa shape index (κ2) is 5.09. The highest BCUT2D eigenvalue weighted by molar-refractivity contribution is 7.16. The second-order valence-corrected chi connectivity index (χ2v) is 4.60. The molecular formula is C11H13N3O2S. The summed E-state index contributed by atoms with van der Waals surface area (Å²) in [7, 11) is 0. The second-order valence-electron chi connectivity index (χ2n) is 3.71. The third kappa shape index (κ3) is 2.71. The van der Waals surface area contributed by atoms with Crippen LogP contribution in [-0.2, 0) is 4.79 Å². The van der Waals surface area contributed by atoms with Crippen LogP contribution in [-0.4, -0.2) is 27.1 Å². The van der Waals surface area contributed by atoms with Crippen molar-refractivity contribution in [2.45, 2.75) is 25.8 Å². The molecule has 2 heterocycles. The van der Waals surface area contributed by atoms with Crippen LogP contribution in [0.2, 0.25) is 0 Å². The van der Waals surface area contributed by atoms with Gasteiger partial charge in [0.25, 0.3) is 0 Å². The zero-order chi connectivity index (χ0) is 12.3. The van der Waals surface area contributed by atoms with Gasteiger partial charge in [0.2, 0.25) is 0 Å². The molecule has 0 saturated carbocycles. The Morgan fingerprint density at radius 2 is 2.41 bits per heavy atom. The first-order valence-electron chi connectivity index (χ1n) is 5.37. The molecule has 1 atom stereocenters. The van der Waals surface area contributed by atoms with Gasteiger partial charge in [-0.25, -0.2) is 9.97 Å². The van der Waals surface area contributed by atoms with E-state index in [1.54, 1.807) is 11.3 Å². The third-order valence-electron chi connectivity index (χ3n) is 2.52. The third-order valence-corrected chi connectivity index (χ3v) is 3.34. The highest BCUT2D eigenvalue weighted by Gasteiger charge is 2.13. The molecule has 1 unspecified atom stereocenters. The fourth-order valence-corrected chi connectivity index (χ4v) is 2.34. The molecule has 0 bridgehead atoms. The Morgan fingerprint density at radius 3 is 3.12 bits per heavy atom. The highest BCUT2D eigenvalue weighted by Crippen LogP contribution is 2.24. The number of carboxylic acids is 1. The predicted molar refractivity (Wildman–Crippen MR) is 67.4 cm³/mol. The van der Waals surface area contributed by atoms with E-state index in [-0.39, 0.29) is 12.5 Å². The number of thiophene rings is 1. The van der Waals surface area contributed by atoms with Gasteiger partial charge in [-0.05, 0) is 17.9 Å². The molecule has 0 spiro atoms. The van der Waals surface area contributed by atoms with Crippen molar-refractivity contribution < 1.29 is 9.90 Å². The van der Waals surface area contributed by atoms with Gasteiger partial charge >= 0.3 is 5.97 Å². The monoisotopic (exact) mass is 251 g/mol. The van der Waals surface area contributed by atoms with Crippen LogP contribution in [0.5, 0.6) is 0 Å². The minimum atomic E-state index is -0.806. The molecule has 17 heavy (non-hydrogen) atoms. The molecule has 5 nitrogen and oxygen atoms in total. The molecule has 0 aliphatic rings. The zero-order valence-electron chi connectivity index (χ0n) is 9.38. The summed E-state index contributed by atoms with van der Waals surface area (Å²) in [4.78, 5) is 19.9. The van der Waals surface area contributed by atoms with Gasteiger partial charge in [-0.3, -0.25) is 4.79 Å². The molecule has 0 radical (unpaired) electrons. The first-order chi connectivity index (χ1) is 8.20. The molecule has 0 saturated heterocycles. The molecule has 2 aromatic heterocycles. The zero-order valence-corrected chi connectivity index (χ0v) is 10.2. The maximum Gasteiger partial charge on any atom is 0.305 e. The van der Waals surface area contributed by atoms with E-state index >= 15 is 0 Å². The van der Waals surface area contributed by atoms with Gasteiger partial charge in [0.1, 0.15) is 17.0 Å². The van der Waals surface area contributed by atoms with Gasteiger partial charge in [-0.15, -0.1) is 11.3 Å².